The standard InChI is InChI=1S/C31H35FN4O3/c1-18-8-10-23(17-25(18)32)35-28(6-5-7-29(35)37)31-33-26-16-21(30-19(2)34-39-20(30)3)9-15-27(26)36(31)22-11-13-24(38-4)14-12-22/h8-10,15-17,22,24,28H,5-7,11-14H2,1-4H3/t22?,24?,28-/m0/s1. The van der Waals surface area contributed by atoms with Crippen LogP contribution in [-0.2, 0) is 9.53 Å². The van der Waals surface area contributed by atoms with Crippen molar-refractivity contribution < 1.29 is 18.4 Å². The van der Waals surface area contributed by atoms with Crippen LogP contribution in [0.15, 0.2) is 40.9 Å². The third kappa shape index (κ3) is 4.54. The largest absolute Gasteiger partial charge is 0.381 e. The molecule has 0 unspecified atom stereocenters. The van der Waals surface area contributed by atoms with Gasteiger partial charge in [-0.25, -0.2) is 9.37 Å². The summed E-state index contributed by atoms with van der Waals surface area (Å²) in [6, 6.07) is 11.4. The maximum absolute atomic E-state index is 14.7. The van der Waals surface area contributed by atoms with Crippen molar-refractivity contribution in [3.63, 3.8) is 0 Å². The second kappa shape index (κ2) is 10.2. The monoisotopic (exact) mass is 530 g/mol. The van der Waals surface area contributed by atoms with Gasteiger partial charge in [-0.2, -0.15) is 0 Å². The Bertz CT molecular complexity index is 1510. The van der Waals surface area contributed by atoms with Crippen molar-refractivity contribution in [3.05, 3.63) is 65.1 Å². The summed E-state index contributed by atoms with van der Waals surface area (Å²) >= 11 is 0. The van der Waals surface area contributed by atoms with Gasteiger partial charge in [0.15, 0.2) is 0 Å². The number of benzene rings is 2. The van der Waals surface area contributed by atoms with Crippen molar-refractivity contribution in [1.29, 1.82) is 0 Å². The molecule has 1 aliphatic heterocycles. The molecule has 1 saturated carbocycles. The zero-order valence-electron chi connectivity index (χ0n) is 23.0. The number of nitrogens with zero attached hydrogens (tertiary/aromatic N) is 4. The van der Waals surface area contributed by atoms with Crippen molar-refractivity contribution in [2.24, 2.45) is 0 Å². The van der Waals surface area contributed by atoms with Gasteiger partial charge in [-0.3, -0.25) is 4.79 Å². The van der Waals surface area contributed by atoms with E-state index in [0.29, 0.717) is 17.7 Å². The molecule has 8 heteroatoms. The smallest absolute Gasteiger partial charge is 0.227 e. The molecule has 3 heterocycles. The molecule has 6 rings (SSSR count). The molecule has 4 aromatic rings. The third-order valence-electron chi connectivity index (χ3n) is 8.56. The maximum Gasteiger partial charge on any atom is 0.227 e. The van der Waals surface area contributed by atoms with E-state index >= 15 is 0 Å². The van der Waals surface area contributed by atoms with E-state index in [1.54, 1.807) is 25.0 Å². The minimum Gasteiger partial charge on any atom is -0.381 e. The Kier molecular flexibility index (Phi) is 6.75. The number of anilines is 1. The van der Waals surface area contributed by atoms with Gasteiger partial charge in [-0.15, -0.1) is 0 Å². The summed E-state index contributed by atoms with van der Waals surface area (Å²) in [5.41, 5.74) is 5.92. The van der Waals surface area contributed by atoms with E-state index < -0.39 is 0 Å². The van der Waals surface area contributed by atoms with Crippen LogP contribution < -0.4 is 4.90 Å². The summed E-state index contributed by atoms with van der Waals surface area (Å²) in [4.78, 5) is 20.4. The minimum atomic E-state index is -0.305. The number of halogens is 1. The third-order valence-corrected chi connectivity index (χ3v) is 8.56. The first-order valence-electron chi connectivity index (χ1n) is 13.9. The summed E-state index contributed by atoms with van der Waals surface area (Å²) in [5, 5.41) is 4.14. The number of aryl methyl sites for hydroxylation is 3. The van der Waals surface area contributed by atoms with Gasteiger partial charge in [0.2, 0.25) is 5.91 Å². The Morgan fingerprint density at radius 2 is 1.82 bits per heavy atom. The minimum absolute atomic E-state index is 0.00705. The van der Waals surface area contributed by atoms with Crippen LogP contribution in [0.4, 0.5) is 10.1 Å². The van der Waals surface area contributed by atoms with Crippen molar-refractivity contribution in [2.75, 3.05) is 12.0 Å². The number of carbonyl (C=O) groups excluding carboxylic acids is 1. The van der Waals surface area contributed by atoms with E-state index in [0.717, 1.165) is 78.0 Å². The summed E-state index contributed by atoms with van der Waals surface area (Å²) in [6.07, 6.45) is 6.18. The molecule has 39 heavy (non-hydrogen) atoms. The van der Waals surface area contributed by atoms with E-state index in [2.05, 4.69) is 27.9 Å². The number of carbonyl (C=O) groups is 1. The van der Waals surface area contributed by atoms with Crippen LogP contribution in [-0.4, -0.2) is 33.8 Å². The van der Waals surface area contributed by atoms with E-state index in [1.807, 2.05) is 19.9 Å². The lowest BCUT2D eigenvalue weighted by atomic mass is 9.91. The second-order valence-electron chi connectivity index (χ2n) is 11.0. The molecule has 1 atom stereocenters. The number of hydrogen-bond acceptors (Lipinski definition) is 5. The highest BCUT2D eigenvalue weighted by atomic mass is 19.1. The molecular formula is C31H35FN4O3. The fraction of sp³-hybridized carbons (Fsp3) is 0.452. The lowest BCUT2D eigenvalue weighted by molar-refractivity contribution is -0.120. The maximum atomic E-state index is 14.7. The number of piperidine rings is 1. The molecule has 1 amide bonds. The van der Waals surface area contributed by atoms with Crippen LogP contribution in [0.5, 0.6) is 0 Å². The topological polar surface area (TPSA) is 73.4 Å². The van der Waals surface area contributed by atoms with E-state index in [1.165, 1.54) is 6.07 Å². The molecule has 0 radical (unpaired) electrons. The lowest BCUT2D eigenvalue weighted by Gasteiger charge is -2.37. The van der Waals surface area contributed by atoms with Crippen LogP contribution in [0.3, 0.4) is 0 Å². The molecule has 0 spiro atoms. The number of ether oxygens (including phenoxy) is 1. The van der Waals surface area contributed by atoms with Crippen LogP contribution in [0.2, 0.25) is 0 Å². The molecule has 0 N–H and O–H groups in total. The van der Waals surface area contributed by atoms with Crippen molar-refractivity contribution in [2.45, 2.75) is 83.9 Å². The summed E-state index contributed by atoms with van der Waals surface area (Å²) in [6.45, 7) is 5.60. The van der Waals surface area contributed by atoms with Crippen LogP contribution in [0.25, 0.3) is 22.2 Å². The molecule has 2 aromatic carbocycles. The molecule has 2 aliphatic rings. The molecule has 204 valence electrons. The highest BCUT2D eigenvalue weighted by molar-refractivity contribution is 5.95. The van der Waals surface area contributed by atoms with E-state index in [4.69, 9.17) is 14.2 Å². The first-order chi connectivity index (χ1) is 18.9. The highest BCUT2D eigenvalue weighted by Crippen LogP contribution is 2.42. The number of rotatable bonds is 5. The van der Waals surface area contributed by atoms with Gasteiger partial charge >= 0.3 is 0 Å². The van der Waals surface area contributed by atoms with E-state index in [-0.39, 0.29) is 29.9 Å². The van der Waals surface area contributed by atoms with E-state index in [9.17, 15) is 9.18 Å². The zero-order valence-corrected chi connectivity index (χ0v) is 23.0. The van der Waals surface area contributed by atoms with Gasteiger partial charge in [0.25, 0.3) is 0 Å². The quantitative estimate of drug-likeness (QED) is 0.274. The average molecular weight is 531 g/mol. The van der Waals surface area contributed by atoms with Gasteiger partial charge in [0.05, 0.1) is 28.9 Å². The normalized spacial score (nSPS) is 22.1. The van der Waals surface area contributed by atoms with Crippen molar-refractivity contribution in [1.82, 2.24) is 14.7 Å². The van der Waals surface area contributed by atoms with Gasteiger partial charge < -0.3 is 18.7 Å². The molecule has 1 aliphatic carbocycles. The second-order valence-corrected chi connectivity index (χ2v) is 11.0. The Balaban J connectivity index is 1.50. The Morgan fingerprint density at radius 3 is 2.51 bits per heavy atom. The van der Waals surface area contributed by atoms with Crippen LogP contribution in [0.1, 0.15) is 79.9 Å². The molecular weight excluding hydrogens is 495 g/mol. The van der Waals surface area contributed by atoms with Gasteiger partial charge in [0, 0.05) is 30.8 Å². The van der Waals surface area contributed by atoms with Gasteiger partial charge in [-0.1, -0.05) is 17.3 Å². The fourth-order valence-electron chi connectivity index (χ4n) is 6.50. The van der Waals surface area contributed by atoms with Crippen molar-refractivity contribution >= 4 is 22.6 Å². The van der Waals surface area contributed by atoms with Crippen molar-refractivity contribution in [3.8, 4) is 11.1 Å². The van der Waals surface area contributed by atoms with Crippen LogP contribution in [0, 0.1) is 26.6 Å². The molecule has 0 bridgehead atoms. The number of imidazole rings is 1. The molecule has 2 aromatic heterocycles. The highest BCUT2D eigenvalue weighted by Gasteiger charge is 2.36. The summed E-state index contributed by atoms with van der Waals surface area (Å²) in [7, 11) is 1.78. The zero-order chi connectivity index (χ0) is 27.3. The molecule has 2 fully saturated rings. The SMILES string of the molecule is COC1CCC(n2c([C@@H]3CCCC(=O)N3c3ccc(C)c(F)c3)nc3cc(-c4c(C)noc4C)ccc32)CC1. The lowest BCUT2D eigenvalue weighted by Crippen LogP contribution is -2.40. The Morgan fingerprint density at radius 1 is 1.03 bits per heavy atom. The summed E-state index contributed by atoms with van der Waals surface area (Å²) < 4.78 is 28.1. The first kappa shape index (κ1) is 25.7. The number of fused-ring (bicyclic) bond motifs is 1. The predicted molar refractivity (Wildman–Crippen MR) is 148 cm³/mol. The molecule has 7 nitrogen and oxygen atoms in total. The number of aromatic nitrogens is 3. The average Bonchev–Trinajstić information content (AvgIpc) is 3.48. The fourth-order valence-corrected chi connectivity index (χ4v) is 6.50. The molecule has 1 saturated heterocycles. The number of methoxy groups -OCH3 is 1. The summed E-state index contributed by atoms with van der Waals surface area (Å²) in [5.74, 6) is 1.35. The Hall–Kier alpha value is -3.52. The van der Waals surface area contributed by atoms with Crippen LogP contribution >= 0.6 is 0 Å². The Labute approximate surface area is 227 Å². The van der Waals surface area contributed by atoms with Gasteiger partial charge in [0.1, 0.15) is 17.4 Å². The first-order valence-corrected chi connectivity index (χ1v) is 13.9. The predicted octanol–water partition coefficient (Wildman–Crippen LogP) is 7.14. The number of hydrogen-bond donors (Lipinski definition) is 0. The van der Waals surface area contributed by atoms with Gasteiger partial charge in [-0.05, 0) is 94.7 Å². The number of amides is 1.